The van der Waals surface area contributed by atoms with E-state index < -0.39 is 68.8 Å². The Labute approximate surface area is 314 Å². The molecule has 2 heterocycles. The average molecular weight is 829 g/mol. The van der Waals surface area contributed by atoms with Crippen LogP contribution in [-0.4, -0.2) is 97.8 Å². The fourth-order valence-electron chi connectivity index (χ4n) is 6.52. The zero-order chi connectivity index (χ0) is 40.7. The molecule has 4 N–H and O–H groups in total. The van der Waals surface area contributed by atoms with Crippen LogP contribution in [0.15, 0.2) is 93.9 Å². The molecule has 2 aromatic carbocycles. The van der Waals surface area contributed by atoms with Crippen LogP contribution in [0.3, 0.4) is 0 Å². The smallest absolute Gasteiger partial charge is 0.303 e. The number of fused-ring (bicyclic) bond motifs is 2. The van der Waals surface area contributed by atoms with E-state index in [-0.39, 0.29) is 35.7 Å². The number of aliphatic carboxylic acids is 1. The summed E-state index contributed by atoms with van der Waals surface area (Å²) in [5.74, 6) is -2.52. The molecule has 0 spiro atoms. The van der Waals surface area contributed by atoms with Gasteiger partial charge in [-0.25, -0.2) is 8.42 Å². The van der Waals surface area contributed by atoms with Gasteiger partial charge in [-0.3, -0.25) is 18.5 Å². The van der Waals surface area contributed by atoms with Crippen molar-refractivity contribution in [1.82, 2.24) is 0 Å². The number of carboxylic acid groups (broad SMARTS) is 1. The fraction of sp³-hybridized carbons (Fsp3) is 0.353. The average Bonchev–Trinajstić information content (AvgIpc) is 3.37. The van der Waals surface area contributed by atoms with Crippen molar-refractivity contribution in [3.63, 3.8) is 0 Å². The SMILES string of the molecule is CC1(C)C(=CC=CC(=CC=CC2=[N+](CCS(=O)(=O)O)c3ccc(S(=O)(=O)O)cc3C2(C)C)CCC(=O)O)N(CCS(=O)(=O)[O-])c2ccc(S(=O)(=O)O)cc21. The molecular weight excluding hydrogens is 789 g/mol. The number of hydrogen-bond acceptors (Lipinski definition) is 11. The van der Waals surface area contributed by atoms with Crippen LogP contribution in [0.1, 0.15) is 51.7 Å². The van der Waals surface area contributed by atoms with Crippen LogP contribution in [-0.2, 0) is 56.1 Å². The van der Waals surface area contributed by atoms with Gasteiger partial charge < -0.3 is 14.6 Å². The van der Waals surface area contributed by atoms with Crippen LogP contribution in [0, 0.1) is 0 Å². The molecule has 2 aliphatic rings. The maximum absolute atomic E-state index is 11.9. The lowest BCUT2D eigenvalue weighted by atomic mass is 9.81. The minimum atomic E-state index is -4.65. The van der Waals surface area contributed by atoms with Gasteiger partial charge in [-0.1, -0.05) is 38.2 Å². The molecule has 0 saturated carbocycles. The molecule has 0 aromatic heterocycles. The molecule has 0 saturated heterocycles. The van der Waals surface area contributed by atoms with Crippen molar-refractivity contribution in [2.75, 3.05) is 29.5 Å². The minimum Gasteiger partial charge on any atom is -0.748 e. The van der Waals surface area contributed by atoms with Gasteiger partial charge >= 0.3 is 5.97 Å². The van der Waals surface area contributed by atoms with E-state index in [2.05, 4.69) is 0 Å². The first-order valence-electron chi connectivity index (χ1n) is 16.2. The zero-order valence-electron chi connectivity index (χ0n) is 29.6. The van der Waals surface area contributed by atoms with Crippen LogP contribution in [0.2, 0.25) is 0 Å². The van der Waals surface area contributed by atoms with Gasteiger partial charge in [0.15, 0.2) is 12.3 Å². The topological polar surface area (TPSA) is 264 Å². The number of benzene rings is 2. The molecule has 0 unspecified atom stereocenters. The van der Waals surface area contributed by atoms with Gasteiger partial charge in [-0.15, -0.1) is 0 Å². The summed E-state index contributed by atoms with van der Waals surface area (Å²) in [5, 5.41) is 9.41. The maximum Gasteiger partial charge on any atom is 0.303 e. The van der Waals surface area contributed by atoms with Gasteiger partial charge in [0.1, 0.15) is 5.75 Å². The Morgan fingerprint density at radius 1 is 0.815 bits per heavy atom. The van der Waals surface area contributed by atoms with Crippen LogP contribution in [0.4, 0.5) is 11.4 Å². The quantitative estimate of drug-likeness (QED) is 0.114. The number of anilines is 1. The summed E-state index contributed by atoms with van der Waals surface area (Å²) < 4.78 is 136. The summed E-state index contributed by atoms with van der Waals surface area (Å²) in [6.45, 7) is 6.49. The first-order chi connectivity index (χ1) is 24.6. The Morgan fingerprint density at radius 3 is 1.96 bits per heavy atom. The molecular formula is C34H40N2O14S4. The van der Waals surface area contributed by atoms with Gasteiger partial charge in [0, 0.05) is 47.5 Å². The molecule has 0 fully saturated rings. The summed E-state index contributed by atoms with van der Waals surface area (Å²) in [6, 6.07) is 7.67. The zero-order valence-corrected chi connectivity index (χ0v) is 32.8. The molecule has 16 nitrogen and oxygen atoms in total. The van der Waals surface area contributed by atoms with Gasteiger partial charge in [-0.05, 0) is 67.8 Å². The molecule has 0 bridgehead atoms. The Morgan fingerprint density at radius 2 is 1.41 bits per heavy atom. The third-order valence-corrected chi connectivity index (χ3v) is 12.3. The van der Waals surface area contributed by atoms with E-state index in [4.69, 9.17) is 0 Å². The molecule has 0 amide bonds. The third-order valence-electron chi connectivity index (χ3n) is 9.22. The molecule has 0 aliphatic carbocycles. The molecule has 4 rings (SSSR count). The summed E-state index contributed by atoms with van der Waals surface area (Å²) in [6.07, 6.45) is 9.36. The van der Waals surface area contributed by atoms with Crippen LogP contribution in [0.5, 0.6) is 0 Å². The molecule has 2 aliphatic heterocycles. The second kappa shape index (κ2) is 15.3. The number of carboxylic acids is 1. The standard InChI is InChI=1S/C34H40N2O14S4/c1-33(2)26-21-24(53(45,46)47)12-14-28(26)35(17-19-51(39,40)41)30(33)9-5-7-23(11-16-32(37)38)8-6-10-31-34(3,4)27-22-25(54(48,49)50)13-15-29(27)36(31)18-20-52(42,43)44/h5-10,12-15,21-22H,11,16-20H2,1-4H3,(H4-,37,38,39,40,41,42,43,44,45,46,47,48,49,50). The number of rotatable bonds is 15. The van der Waals surface area contributed by atoms with Crippen LogP contribution < -0.4 is 4.90 Å². The van der Waals surface area contributed by atoms with Crippen molar-refractivity contribution in [3.8, 4) is 0 Å². The highest BCUT2D eigenvalue weighted by Gasteiger charge is 2.45. The van der Waals surface area contributed by atoms with E-state index in [0.29, 0.717) is 39.5 Å². The Hall–Kier alpha value is -4.02. The fourth-order valence-corrected chi connectivity index (χ4v) is 8.35. The van der Waals surface area contributed by atoms with Crippen molar-refractivity contribution in [2.45, 2.75) is 61.2 Å². The number of carbonyl (C=O) groups is 1. The van der Waals surface area contributed by atoms with Crippen molar-refractivity contribution < 1.29 is 66.4 Å². The van der Waals surface area contributed by atoms with Gasteiger partial charge in [0.05, 0.1) is 31.1 Å². The molecule has 0 atom stereocenters. The van der Waals surface area contributed by atoms with Gasteiger partial charge in [0.2, 0.25) is 5.69 Å². The van der Waals surface area contributed by atoms with Crippen LogP contribution >= 0.6 is 0 Å². The minimum absolute atomic E-state index is 0.0436. The first-order valence-corrected chi connectivity index (χ1v) is 22.2. The number of hydrogen-bond donors (Lipinski definition) is 4. The Bertz CT molecular complexity index is 2480. The summed E-state index contributed by atoms with van der Waals surface area (Å²) >= 11 is 0. The van der Waals surface area contributed by atoms with E-state index in [9.17, 15) is 61.8 Å². The van der Waals surface area contributed by atoms with E-state index >= 15 is 0 Å². The number of nitrogens with zero attached hydrogens (tertiary/aromatic N) is 2. The van der Waals surface area contributed by atoms with Crippen molar-refractivity contribution >= 4 is 63.5 Å². The Balaban J connectivity index is 1.77. The van der Waals surface area contributed by atoms with E-state index in [1.54, 1.807) is 73.6 Å². The molecule has 2 aromatic rings. The van der Waals surface area contributed by atoms with Crippen molar-refractivity contribution in [1.29, 1.82) is 0 Å². The van der Waals surface area contributed by atoms with E-state index in [0.717, 1.165) is 6.07 Å². The normalized spacial score (nSPS) is 18.3. The highest BCUT2D eigenvalue weighted by Crippen LogP contribution is 2.48. The second-order valence-electron chi connectivity index (χ2n) is 13.7. The summed E-state index contributed by atoms with van der Waals surface area (Å²) in [4.78, 5) is 12.3. The summed E-state index contributed by atoms with van der Waals surface area (Å²) in [7, 11) is -18.2. The predicted octanol–water partition coefficient (Wildman–Crippen LogP) is 3.57. The Kier molecular flexibility index (Phi) is 12.1. The molecule has 20 heteroatoms. The van der Waals surface area contributed by atoms with Crippen molar-refractivity contribution in [3.05, 3.63) is 95.3 Å². The van der Waals surface area contributed by atoms with Crippen molar-refractivity contribution in [2.24, 2.45) is 0 Å². The lowest BCUT2D eigenvalue weighted by molar-refractivity contribution is -0.432. The van der Waals surface area contributed by atoms with E-state index in [1.807, 2.05) is 0 Å². The highest BCUT2D eigenvalue weighted by molar-refractivity contribution is 7.86. The second-order valence-corrected chi connectivity index (χ2v) is 19.6. The van der Waals surface area contributed by atoms with Crippen LogP contribution in [0.25, 0.3) is 0 Å². The largest absolute Gasteiger partial charge is 0.748 e. The van der Waals surface area contributed by atoms with Gasteiger partial charge in [0.25, 0.3) is 30.4 Å². The third kappa shape index (κ3) is 9.99. The molecule has 294 valence electrons. The maximum atomic E-state index is 11.9. The lowest BCUT2D eigenvalue weighted by Crippen LogP contribution is -2.30. The molecule has 0 radical (unpaired) electrons. The monoisotopic (exact) mass is 828 g/mol. The van der Waals surface area contributed by atoms with E-state index in [1.165, 1.54) is 30.3 Å². The first kappa shape index (κ1) is 42.7. The predicted molar refractivity (Wildman–Crippen MR) is 198 cm³/mol. The highest BCUT2D eigenvalue weighted by atomic mass is 32.2. The summed E-state index contributed by atoms with van der Waals surface area (Å²) in [5.41, 5.74) is 1.30. The lowest BCUT2D eigenvalue weighted by Gasteiger charge is -2.27. The van der Waals surface area contributed by atoms with Gasteiger partial charge in [-0.2, -0.15) is 29.8 Å². The molecule has 54 heavy (non-hydrogen) atoms. The number of allylic oxidation sites excluding steroid dienone is 8.